The molecule has 0 radical (unpaired) electrons. The maximum absolute atomic E-state index is 6.42. The topological polar surface area (TPSA) is 26.0 Å². The smallest absolute Gasteiger partial charge is 0.0430 e. The lowest BCUT2D eigenvalue weighted by Gasteiger charge is -2.19. The van der Waals surface area contributed by atoms with Gasteiger partial charge in [-0.05, 0) is 53.9 Å². The highest BCUT2D eigenvalue weighted by atomic mass is 32.1. The maximum Gasteiger partial charge on any atom is 0.0430 e. The Hall–Kier alpha value is -1.12. The SMILES string of the molecule is CC(C)(C)c1ccc(CC(N)c2cc3c(s2)CCC3)cc1. The number of hydrogen-bond acceptors (Lipinski definition) is 2. The Morgan fingerprint density at radius 1 is 1.14 bits per heavy atom. The van der Waals surface area contributed by atoms with Gasteiger partial charge in [-0.2, -0.15) is 0 Å². The molecule has 1 atom stereocenters. The molecule has 1 unspecified atom stereocenters. The van der Waals surface area contributed by atoms with E-state index in [0.29, 0.717) is 0 Å². The van der Waals surface area contributed by atoms with Gasteiger partial charge in [-0.25, -0.2) is 0 Å². The van der Waals surface area contributed by atoms with Crippen LogP contribution in [0.15, 0.2) is 30.3 Å². The predicted molar refractivity (Wildman–Crippen MR) is 92.1 cm³/mol. The predicted octanol–water partition coefficient (Wildman–Crippen LogP) is 4.78. The van der Waals surface area contributed by atoms with Crippen molar-refractivity contribution >= 4 is 11.3 Å². The number of benzene rings is 1. The fourth-order valence-electron chi connectivity index (χ4n) is 3.03. The van der Waals surface area contributed by atoms with Gasteiger partial charge in [-0.15, -0.1) is 11.3 Å². The highest BCUT2D eigenvalue weighted by Gasteiger charge is 2.18. The molecule has 1 aliphatic rings. The summed E-state index contributed by atoms with van der Waals surface area (Å²) in [6.45, 7) is 6.75. The normalized spacial score (nSPS) is 16.0. The summed E-state index contributed by atoms with van der Waals surface area (Å²) in [5.74, 6) is 0. The van der Waals surface area contributed by atoms with Crippen LogP contribution in [0.3, 0.4) is 0 Å². The molecule has 1 aliphatic carbocycles. The largest absolute Gasteiger partial charge is 0.323 e. The number of thiophene rings is 1. The molecule has 0 spiro atoms. The lowest BCUT2D eigenvalue weighted by molar-refractivity contribution is 0.589. The first-order chi connectivity index (χ1) is 9.93. The van der Waals surface area contributed by atoms with Crippen molar-refractivity contribution in [2.75, 3.05) is 0 Å². The zero-order chi connectivity index (χ0) is 15.0. The molecule has 1 aromatic heterocycles. The van der Waals surface area contributed by atoms with Crippen LogP contribution in [-0.4, -0.2) is 0 Å². The lowest BCUT2D eigenvalue weighted by atomic mass is 9.86. The maximum atomic E-state index is 6.42. The first kappa shape index (κ1) is 14.8. The van der Waals surface area contributed by atoms with E-state index in [1.165, 1.54) is 35.3 Å². The summed E-state index contributed by atoms with van der Waals surface area (Å²) in [6, 6.07) is 11.5. The Kier molecular flexibility index (Phi) is 3.94. The van der Waals surface area contributed by atoms with E-state index in [-0.39, 0.29) is 11.5 Å². The zero-order valence-electron chi connectivity index (χ0n) is 13.3. The minimum atomic E-state index is 0.140. The van der Waals surface area contributed by atoms with E-state index >= 15 is 0 Å². The van der Waals surface area contributed by atoms with E-state index in [1.807, 2.05) is 11.3 Å². The zero-order valence-corrected chi connectivity index (χ0v) is 14.1. The molecule has 3 rings (SSSR count). The van der Waals surface area contributed by atoms with E-state index in [9.17, 15) is 0 Å². The highest BCUT2D eigenvalue weighted by Crippen LogP contribution is 2.34. The minimum absolute atomic E-state index is 0.140. The second-order valence-corrected chi connectivity index (χ2v) is 8.38. The van der Waals surface area contributed by atoms with Crippen LogP contribution in [-0.2, 0) is 24.7 Å². The molecule has 0 bridgehead atoms. The lowest BCUT2D eigenvalue weighted by Crippen LogP contribution is -2.13. The van der Waals surface area contributed by atoms with Crippen LogP contribution >= 0.6 is 11.3 Å². The quantitative estimate of drug-likeness (QED) is 0.867. The Balaban J connectivity index is 1.70. The van der Waals surface area contributed by atoms with E-state index in [4.69, 9.17) is 5.73 Å². The Bertz CT molecular complexity index is 595. The van der Waals surface area contributed by atoms with Gasteiger partial charge in [0.05, 0.1) is 0 Å². The van der Waals surface area contributed by atoms with Gasteiger partial charge in [0.1, 0.15) is 0 Å². The molecule has 0 fully saturated rings. The highest BCUT2D eigenvalue weighted by molar-refractivity contribution is 7.12. The molecular formula is C19H25NS. The van der Waals surface area contributed by atoms with Crippen LogP contribution in [0.1, 0.15) is 59.7 Å². The number of aryl methyl sites for hydroxylation is 2. The van der Waals surface area contributed by atoms with Crippen LogP contribution in [0.4, 0.5) is 0 Å². The third-order valence-corrected chi connectivity index (χ3v) is 5.78. The summed E-state index contributed by atoms with van der Waals surface area (Å²) in [4.78, 5) is 2.93. The van der Waals surface area contributed by atoms with Crippen LogP contribution in [0.2, 0.25) is 0 Å². The van der Waals surface area contributed by atoms with Crippen molar-refractivity contribution in [3.8, 4) is 0 Å². The molecule has 2 heteroatoms. The second kappa shape index (κ2) is 5.58. The Labute approximate surface area is 132 Å². The molecule has 0 saturated heterocycles. The van der Waals surface area contributed by atoms with Crippen molar-refractivity contribution in [1.29, 1.82) is 0 Å². The number of nitrogens with two attached hydrogens (primary N) is 1. The average Bonchev–Trinajstić information content (AvgIpc) is 2.98. The summed E-state index contributed by atoms with van der Waals surface area (Å²) < 4.78 is 0. The van der Waals surface area contributed by atoms with E-state index < -0.39 is 0 Å². The second-order valence-electron chi connectivity index (χ2n) is 7.21. The summed E-state index contributed by atoms with van der Waals surface area (Å²) in [5.41, 5.74) is 10.9. The molecule has 1 heterocycles. The number of fused-ring (bicyclic) bond motifs is 1. The van der Waals surface area contributed by atoms with Crippen molar-refractivity contribution in [3.63, 3.8) is 0 Å². The van der Waals surface area contributed by atoms with Crippen LogP contribution in [0.25, 0.3) is 0 Å². The van der Waals surface area contributed by atoms with Crippen molar-refractivity contribution < 1.29 is 0 Å². The van der Waals surface area contributed by atoms with Crippen LogP contribution in [0.5, 0.6) is 0 Å². The third kappa shape index (κ3) is 3.22. The van der Waals surface area contributed by atoms with E-state index in [1.54, 1.807) is 10.4 Å². The van der Waals surface area contributed by atoms with E-state index in [0.717, 1.165) is 6.42 Å². The van der Waals surface area contributed by atoms with Gasteiger partial charge in [0.25, 0.3) is 0 Å². The third-order valence-electron chi connectivity index (χ3n) is 4.41. The van der Waals surface area contributed by atoms with Crippen LogP contribution in [0, 0.1) is 0 Å². The van der Waals surface area contributed by atoms with Gasteiger partial charge >= 0.3 is 0 Å². The van der Waals surface area contributed by atoms with Crippen molar-refractivity contribution in [2.24, 2.45) is 5.73 Å². The molecule has 0 saturated carbocycles. The molecule has 2 N–H and O–H groups in total. The molecule has 2 aromatic rings. The van der Waals surface area contributed by atoms with Gasteiger partial charge in [0.15, 0.2) is 0 Å². The van der Waals surface area contributed by atoms with Gasteiger partial charge < -0.3 is 5.73 Å². The van der Waals surface area contributed by atoms with Crippen molar-refractivity contribution in [1.82, 2.24) is 0 Å². The minimum Gasteiger partial charge on any atom is -0.323 e. The molecule has 1 aromatic carbocycles. The number of hydrogen-bond donors (Lipinski definition) is 1. The summed E-state index contributed by atoms with van der Waals surface area (Å²) in [6.07, 6.45) is 4.76. The van der Waals surface area contributed by atoms with Crippen LogP contribution < -0.4 is 5.73 Å². The van der Waals surface area contributed by atoms with Gasteiger partial charge in [0, 0.05) is 15.8 Å². The summed E-state index contributed by atoms with van der Waals surface area (Å²) in [5, 5.41) is 0. The van der Waals surface area contributed by atoms with E-state index in [2.05, 4.69) is 51.1 Å². The molecule has 21 heavy (non-hydrogen) atoms. The first-order valence-corrected chi connectivity index (χ1v) is 8.71. The van der Waals surface area contributed by atoms with Gasteiger partial charge in [0.2, 0.25) is 0 Å². The Morgan fingerprint density at radius 2 is 1.86 bits per heavy atom. The van der Waals surface area contributed by atoms with Crippen molar-refractivity contribution in [2.45, 2.75) is 57.9 Å². The fraction of sp³-hybridized carbons (Fsp3) is 0.474. The molecule has 0 amide bonds. The van der Waals surface area contributed by atoms with Gasteiger partial charge in [-0.3, -0.25) is 0 Å². The molecule has 1 nitrogen and oxygen atoms in total. The fourth-order valence-corrected chi connectivity index (χ4v) is 4.29. The number of rotatable bonds is 3. The summed E-state index contributed by atoms with van der Waals surface area (Å²) in [7, 11) is 0. The molecule has 112 valence electrons. The first-order valence-electron chi connectivity index (χ1n) is 7.90. The average molecular weight is 299 g/mol. The Morgan fingerprint density at radius 3 is 2.48 bits per heavy atom. The molecular weight excluding hydrogens is 274 g/mol. The monoisotopic (exact) mass is 299 g/mol. The molecule has 0 aliphatic heterocycles. The van der Waals surface area contributed by atoms with Gasteiger partial charge in [-0.1, -0.05) is 45.0 Å². The standard InChI is InChI=1S/C19H25NS/c1-19(2,3)15-9-7-13(8-10-15)11-16(20)18-12-14-5-4-6-17(14)21-18/h7-10,12,16H,4-6,11,20H2,1-3H3. The van der Waals surface area contributed by atoms with Crippen molar-refractivity contribution in [3.05, 3.63) is 56.8 Å². The summed E-state index contributed by atoms with van der Waals surface area (Å²) >= 11 is 1.93.